The first-order chi connectivity index (χ1) is 17.9. The van der Waals surface area contributed by atoms with Crippen molar-refractivity contribution in [2.45, 2.75) is 26.4 Å². The number of carbonyl (C=O) groups is 2. The van der Waals surface area contributed by atoms with E-state index in [1.165, 1.54) is 0 Å². The number of anilines is 1. The molecule has 1 aromatic heterocycles. The lowest BCUT2D eigenvalue weighted by molar-refractivity contribution is 0.0984. The number of rotatable bonds is 5. The van der Waals surface area contributed by atoms with Gasteiger partial charge in [0.2, 0.25) is 5.88 Å². The molecule has 1 aliphatic rings. The topological polar surface area (TPSA) is 87.3 Å². The average Bonchev–Trinajstić information content (AvgIpc) is 3.35. The molecular weight excluding hydrogens is 464 g/mol. The van der Waals surface area contributed by atoms with Crippen LogP contribution >= 0.6 is 0 Å². The zero-order valence-electron chi connectivity index (χ0n) is 20.4. The Morgan fingerprint density at radius 2 is 1.65 bits per heavy atom. The molecular formula is C30H24N4O3. The Morgan fingerprint density at radius 1 is 0.919 bits per heavy atom. The Hall–Kier alpha value is -4.78. The summed E-state index contributed by atoms with van der Waals surface area (Å²) in [5.41, 5.74) is 3.97. The van der Waals surface area contributed by atoms with E-state index < -0.39 is 5.91 Å². The number of azo groups is 1. The first-order valence-corrected chi connectivity index (χ1v) is 12.1. The molecule has 1 aliphatic heterocycles. The summed E-state index contributed by atoms with van der Waals surface area (Å²) in [6, 6.07) is 26.2. The van der Waals surface area contributed by atoms with Crippen molar-refractivity contribution < 1.29 is 14.7 Å². The fourth-order valence-corrected chi connectivity index (χ4v) is 5.08. The number of carbonyl (C=O) groups excluding carboxylic acids is 2. The highest BCUT2D eigenvalue weighted by Crippen LogP contribution is 2.41. The van der Waals surface area contributed by atoms with E-state index in [2.05, 4.69) is 10.2 Å². The lowest BCUT2D eigenvalue weighted by Gasteiger charge is -2.18. The number of fused-ring (bicyclic) bond motifs is 1. The van der Waals surface area contributed by atoms with E-state index in [0.717, 1.165) is 32.9 Å². The minimum Gasteiger partial charge on any atom is -0.493 e. The lowest BCUT2D eigenvalue weighted by Crippen LogP contribution is -2.26. The predicted octanol–water partition coefficient (Wildman–Crippen LogP) is 7.17. The number of hydrogen-bond donors (Lipinski definition) is 1. The van der Waals surface area contributed by atoms with E-state index in [0.29, 0.717) is 17.7 Å². The molecule has 0 unspecified atom stereocenters. The van der Waals surface area contributed by atoms with E-state index in [9.17, 15) is 14.7 Å². The van der Waals surface area contributed by atoms with Crippen LogP contribution in [0.15, 0.2) is 95.2 Å². The summed E-state index contributed by atoms with van der Waals surface area (Å²) < 4.78 is 1.77. The number of para-hydroxylation sites is 1. The molecule has 0 fully saturated rings. The number of nitrogens with zero attached hydrogens (tertiary/aromatic N) is 4. The van der Waals surface area contributed by atoms with Gasteiger partial charge in [0.05, 0.1) is 17.7 Å². The molecule has 0 radical (unpaired) electrons. The summed E-state index contributed by atoms with van der Waals surface area (Å²) in [4.78, 5) is 27.6. The number of aromatic nitrogens is 1. The van der Waals surface area contributed by atoms with Crippen LogP contribution in [0.5, 0.6) is 5.88 Å². The van der Waals surface area contributed by atoms with E-state index >= 15 is 0 Å². The van der Waals surface area contributed by atoms with Gasteiger partial charge in [-0.05, 0) is 55.1 Å². The largest absolute Gasteiger partial charge is 0.493 e. The van der Waals surface area contributed by atoms with Crippen LogP contribution in [0, 0.1) is 0 Å². The van der Waals surface area contributed by atoms with Gasteiger partial charge >= 0.3 is 0 Å². The molecule has 182 valence electrons. The maximum Gasteiger partial charge on any atom is 0.295 e. The third-order valence-corrected chi connectivity index (χ3v) is 6.81. The molecule has 6 rings (SSSR count). The second-order valence-electron chi connectivity index (χ2n) is 9.43. The Bertz CT molecular complexity index is 1730. The molecule has 0 spiro atoms. The minimum atomic E-state index is -0.512. The molecule has 2 amide bonds. The second kappa shape index (κ2) is 8.71. The molecule has 1 N–H and O–H groups in total. The molecule has 2 heterocycles. The summed E-state index contributed by atoms with van der Waals surface area (Å²) in [5.74, 6) is -0.558. The molecule has 0 saturated heterocycles. The highest BCUT2D eigenvalue weighted by molar-refractivity contribution is 6.24. The molecule has 0 aliphatic carbocycles. The summed E-state index contributed by atoms with van der Waals surface area (Å²) in [6.07, 6.45) is 0. The van der Waals surface area contributed by atoms with Gasteiger partial charge < -0.3 is 14.6 Å². The van der Waals surface area contributed by atoms with Gasteiger partial charge in [0.1, 0.15) is 0 Å². The Kier molecular flexibility index (Phi) is 5.34. The predicted molar refractivity (Wildman–Crippen MR) is 144 cm³/mol. The number of benzene rings is 4. The van der Waals surface area contributed by atoms with Gasteiger partial charge in [-0.3, -0.25) is 9.59 Å². The quantitative estimate of drug-likeness (QED) is 0.266. The fourth-order valence-electron chi connectivity index (χ4n) is 5.08. The van der Waals surface area contributed by atoms with Crippen molar-refractivity contribution in [2.24, 2.45) is 10.2 Å². The van der Waals surface area contributed by atoms with Crippen LogP contribution in [0.4, 0.5) is 11.4 Å². The monoisotopic (exact) mass is 488 g/mol. The molecule has 5 aromatic rings. The van der Waals surface area contributed by atoms with Crippen LogP contribution in [0.1, 0.15) is 46.2 Å². The van der Waals surface area contributed by atoms with Crippen LogP contribution in [-0.4, -0.2) is 21.5 Å². The molecule has 37 heavy (non-hydrogen) atoms. The molecule has 4 aromatic carbocycles. The van der Waals surface area contributed by atoms with Gasteiger partial charge in [-0.1, -0.05) is 54.6 Å². The number of hydrogen-bond acceptors (Lipinski definition) is 4. The SMILES string of the molecule is CC(C)n1c(O)c(N=NC(=O)c2ccc(CN3C(=O)c4cccc5cccc3c45)cc2)c2ccccc21. The molecule has 0 atom stereocenters. The van der Waals surface area contributed by atoms with E-state index in [1.807, 2.05) is 86.6 Å². The highest BCUT2D eigenvalue weighted by atomic mass is 16.3. The third-order valence-electron chi connectivity index (χ3n) is 6.81. The van der Waals surface area contributed by atoms with Crippen LogP contribution in [-0.2, 0) is 6.54 Å². The summed E-state index contributed by atoms with van der Waals surface area (Å²) in [5, 5.41) is 21.5. The first-order valence-electron chi connectivity index (χ1n) is 12.1. The number of aromatic hydroxyl groups is 1. The van der Waals surface area contributed by atoms with Gasteiger partial charge in [0.25, 0.3) is 11.8 Å². The normalized spacial score (nSPS) is 13.1. The van der Waals surface area contributed by atoms with Crippen molar-refractivity contribution in [1.29, 1.82) is 0 Å². The van der Waals surface area contributed by atoms with Gasteiger partial charge in [0.15, 0.2) is 5.69 Å². The first kappa shape index (κ1) is 22.7. The molecule has 7 nitrogen and oxygen atoms in total. The van der Waals surface area contributed by atoms with Crippen molar-refractivity contribution in [3.63, 3.8) is 0 Å². The summed E-state index contributed by atoms with van der Waals surface area (Å²) in [6.45, 7) is 4.33. The fraction of sp³-hybridized carbons (Fsp3) is 0.133. The summed E-state index contributed by atoms with van der Waals surface area (Å²) >= 11 is 0. The second-order valence-corrected chi connectivity index (χ2v) is 9.43. The van der Waals surface area contributed by atoms with Crippen molar-refractivity contribution >= 4 is 44.9 Å². The smallest absolute Gasteiger partial charge is 0.295 e. The maximum absolute atomic E-state index is 13.1. The van der Waals surface area contributed by atoms with Gasteiger partial charge in [-0.2, -0.15) is 0 Å². The highest BCUT2D eigenvalue weighted by Gasteiger charge is 2.29. The van der Waals surface area contributed by atoms with E-state index in [4.69, 9.17) is 0 Å². The zero-order chi connectivity index (χ0) is 25.7. The van der Waals surface area contributed by atoms with Crippen LogP contribution < -0.4 is 4.90 Å². The van der Waals surface area contributed by atoms with Crippen LogP contribution in [0.2, 0.25) is 0 Å². The lowest BCUT2D eigenvalue weighted by atomic mass is 10.1. The standard InChI is InChI=1S/C30H24N4O3/c1-18(2)34-24-11-4-3-9-22(24)27(30(34)37)31-32-28(35)21-15-13-19(14-16-21)17-33-25-12-6-8-20-7-5-10-23(26(20)25)29(33)36/h3-16,18,37H,17H2,1-2H3. The maximum atomic E-state index is 13.1. The van der Waals surface area contributed by atoms with Crippen LogP contribution in [0.25, 0.3) is 21.7 Å². The molecule has 7 heteroatoms. The van der Waals surface area contributed by atoms with Crippen molar-refractivity contribution in [3.8, 4) is 5.88 Å². The van der Waals surface area contributed by atoms with E-state index in [-0.39, 0.29) is 23.5 Å². The van der Waals surface area contributed by atoms with Gasteiger partial charge in [-0.15, -0.1) is 10.2 Å². The van der Waals surface area contributed by atoms with Crippen LogP contribution in [0.3, 0.4) is 0 Å². The molecule has 0 saturated carbocycles. The van der Waals surface area contributed by atoms with Crippen molar-refractivity contribution in [3.05, 3.63) is 102 Å². The van der Waals surface area contributed by atoms with Crippen molar-refractivity contribution in [2.75, 3.05) is 4.90 Å². The third kappa shape index (κ3) is 3.67. The molecule has 0 bridgehead atoms. The zero-order valence-corrected chi connectivity index (χ0v) is 20.4. The average molecular weight is 489 g/mol. The van der Waals surface area contributed by atoms with Crippen molar-refractivity contribution in [1.82, 2.24) is 4.57 Å². The Balaban J connectivity index is 1.23. The minimum absolute atomic E-state index is 0.0133. The Morgan fingerprint density at radius 3 is 2.41 bits per heavy atom. The van der Waals surface area contributed by atoms with Gasteiger partial charge in [0, 0.05) is 27.9 Å². The van der Waals surface area contributed by atoms with E-state index in [1.54, 1.807) is 21.6 Å². The Labute approximate surface area is 213 Å². The van der Waals surface area contributed by atoms with Gasteiger partial charge in [-0.25, -0.2) is 0 Å². The summed E-state index contributed by atoms with van der Waals surface area (Å²) in [7, 11) is 0. The number of amides is 2.